The zero-order valence-corrected chi connectivity index (χ0v) is 16.5. The van der Waals surface area contributed by atoms with Crippen LogP contribution in [0.2, 0.25) is 0 Å². The number of aliphatic imine (C=N–C) groups is 1. The molecule has 0 spiro atoms. The van der Waals surface area contributed by atoms with Crippen LogP contribution in [0.25, 0.3) is 0 Å². The molecule has 6 nitrogen and oxygen atoms in total. The zero-order chi connectivity index (χ0) is 15.9. The van der Waals surface area contributed by atoms with Crippen molar-refractivity contribution in [3.8, 4) is 0 Å². The topological polar surface area (TPSA) is 82.6 Å². The Hall–Kier alpha value is -0.870. The van der Waals surface area contributed by atoms with Crippen LogP contribution in [0, 0.1) is 0 Å². The van der Waals surface area contributed by atoms with Gasteiger partial charge in [0.1, 0.15) is 0 Å². The molecule has 8 heteroatoms. The third-order valence-corrected chi connectivity index (χ3v) is 4.61. The van der Waals surface area contributed by atoms with Crippen molar-refractivity contribution in [2.45, 2.75) is 37.8 Å². The maximum atomic E-state index is 11.6. The lowest BCUT2D eigenvalue weighted by molar-refractivity contribution is 0.588. The highest BCUT2D eigenvalue weighted by Gasteiger charge is 2.10. The highest BCUT2D eigenvalue weighted by Crippen LogP contribution is 2.09. The van der Waals surface area contributed by atoms with Gasteiger partial charge in [-0.25, -0.2) is 13.1 Å². The Kier molecular flexibility index (Phi) is 9.61. The van der Waals surface area contributed by atoms with E-state index >= 15 is 0 Å². The van der Waals surface area contributed by atoms with E-state index in [1.807, 2.05) is 0 Å². The summed E-state index contributed by atoms with van der Waals surface area (Å²) in [6.45, 7) is 4.77. The Morgan fingerprint density at radius 3 is 2.32 bits per heavy atom. The maximum absolute atomic E-state index is 11.6. The van der Waals surface area contributed by atoms with Crippen molar-refractivity contribution in [1.29, 1.82) is 0 Å². The molecule has 1 aromatic rings. The summed E-state index contributed by atoms with van der Waals surface area (Å²) in [5, 5.41) is 6.46. The lowest BCUT2D eigenvalue weighted by Crippen LogP contribution is -2.41. The van der Waals surface area contributed by atoms with Gasteiger partial charge in [-0.3, -0.25) is 4.99 Å². The molecule has 126 valence electrons. The molecule has 0 aliphatic heterocycles. The minimum Gasteiger partial charge on any atom is -0.354 e. The molecular weight excluding hydrogens is 415 g/mol. The first-order valence-electron chi connectivity index (χ1n) is 6.92. The Balaban J connectivity index is 0.00000441. The smallest absolute Gasteiger partial charge is 0.240 e. The average molecular weight is 440 g/mol. The predicted molar refractivity (Wildman–Crippen MR) is 101 cm³/mol. The number of hydrogen-bond donors (Lipinski definition) is 3. The van der Waals surface area contributed by atoms with E-state index in [2.05, 4.69) is 34.2 Å². The number of guanidine groups is 1. The molecule has 0 fully saturated rings. The molecule has 22 heavy (non-hydrogen) atoms. The minimum atomic E-state index is -3.38. The number of halogens is 1. The molecule has 3 N–H and O–H groups in total. The number of nitrogens with one attached hydrogen (secondary N) is 3. The van der Waals surface area contributed by atoms with Crippen LogP contribution in [-0.4, -0.2) is 34.5 Å². The van der Waals surface area contributed by atoms with Crippen LogP contribution >= 0.6 is 24.0 Å². The van der Waals surface area contributed by atoms with Gasteiger partial charge in [-0.15, -0.1) is 24.0 Å². The highest BCUT2D eigenvalue weighted by atomic mass is 127. The molecular formula is C14H25IN4O2S. The number of benzene rings is 1. The van der Waals surface area contributed by atoms with E-state index < -0.39 is 10.0 Å². The monoisotopic (exact) mass is 440 g/mol. The first kappa shape index (κ1) is 21.1. The van der Waals surface area contributed by atoms with Crippen molar-refractivity contribution in [2.75, 3.05) is 14.1 Å². The van der Waals surface area contributed by atoms with Gasteiger partial charge in [0.15, 0.2) is 5.96 Å². The van der Waals surface area contributed by atoms with Gasteiger partial charge in [0.2, 0.25) is 10.0 Å². The van der Waals surface area contributed by atoms with Crippen molar-refractivity contribution >= 4 is 40.0 Å². The molecule has 1 rings (SSSR count). The average Bonchev–Trinajstić information content (AvgIpc) is 2.51. The van der Waals surface area contributed by atoms with E-state index in [1.165, 1.54) is 7.05 Å². The van der Waals surface area contributed by atoms with Gasteiger partial charge in [0.05, 0.1) is 4.90 Å². The van der Waals surface area contributed by atoms with Crippen LogP contribution < -0.4 is 15.4 Å². The quantitative estimate of drug-likeness (QED) is 0.357. The summed E-state index contributed by atoms with van der Waals surface area (Å²) in [4.78, 5) is 4.41. The fourth-order valence-electron chi connectivity index (χ4n) is 1.62. The van der Waals surface area contributed by atoms with Crippen molar-refractivity contribution in [1.82, 2.24) is 15.4 Å². The summed E-state index contributed by atoms with van der Waals surface area (Å²) in [5.41, 5.74) is 0.983. The largest absolute Gasteiger partial charge is 0.354 e. The summed E-state index contributed by atoms with van der Waals surface area (Å²) in [5.74, 6) is 0.733. The lowest BCUT2D eigenvalue weighted by atomic mass is 10.2. The summed E-state index contributed by atoms with van der Waals surface area (Å²) in [6.07, 6.45) is 1.01. The molecule has 1 aromatic carbocycles. The van der Waals surface area contributed by atoms with E-state index in [0.717, 1.165) is 17.9 Å². The Bertz CT molecular complexity index is 573. The van der Waals surface area contributed by atoms with Crippen LogP contribution in [0.1, 0.15) is 25.8 Å². The van der Waals surface area contributed by atoms with Crippen molar-refractivity contribution < 1.29 is 8.42 Å². The van der Waals surface area contributed by atoms with Gasteiger partial charge < -0.3 is 10.6 Å². The van der Waals surface area contributed by atoms with E-state index in [9.17, 15) is 8.42 Å². The summed E-state index contributed by atoms with van der Waals surface area (Å²) >= 11 is 0. The van der Waals surface area contributed by atoms with Gasteiger partial charge >= 0.3 is 0 Å². The summed E-state index contributed by atoms with van der Waals surface area (Å²) in [6, 6.07) is 7.10. The molecule has 0 aliphatic carbocycles. The van der Waals surface area contributed by atoms with E-state index in [-0.39, 0.29) is 28.9 Å². The van der Waals surface area contributed by atoms with Gasteiger partial charge in [-0.2, -0.15) is 0 Å². The van der Waals surface area contributed by atoms with Gasteiger partial charge in [0, 0.05) is 19.6 Å². The molecule has 0 aromatic heterocycles. The summed E-state index contributed by atoms with van der Waals surface area (Å²) < 4.78 is 25.5. The molecule has 0 aliphatic rings. The molecule has 0 amide bonds. The third-order valence-electron chi connectivity index (χ3n) is 3.18. The van der Waals surface area contributed by atoms with E-state index in [1.54, 1.807) is 31.3 Å². The number of rotatable bonds is 6. The molecule has 0 saturated heterocycles. The molecule has 1 unspecified atom stereocenters. The Morgan fingerprint density at radius 1 is 1.27 bits per heavy atom. The molecule has 0 bridgehead atoms. The Morgan fingerprint density at radius 2 is 1.86 bits per heavy atom. The molecule has 1 atom stereocenters. The van der Waals surface area contributed by atoms with Gasteiger partial charge in [-0.05, 0) is 38.1 Å². The normalized spacial score (nSPS) is 13.2. The third kappa shape index (κ3) is 6.49. The van der Waals surface area contributed by atoms with E-state index in [4.69, 9.17) is 0 Å². The van der Waals surface area contributed by atoms with Crippen LogP contribution in [-0.2, 0) is 16.6 Å². The fourth-order valence-corrected chi connectivity index (χ4v) is 2.35. The fraction of sp³-hybridized carbons (Fsp3) is 0.500. The number of nitrogens with zero attached hydrogens (tertiary/aromatic N) is 1. The molecule has 0 heterocycles. The second-order valence-corrected chi connectivity index (χ2v) is 6.62. The van der Waals surface area contributed by atoms with Crippen molar-refractivity contribution in [3.63, 3.8) is 0 Å². The number of hydrogen-bond acceptors (Lipinski definition) is 3. The van der Waals surface area contributed by atoms with Crippen LogP contribution in [0.4, 0.5) is 0 Å². The van der Waals surface area contributed by atoms with Gasteiger partial charge in [0.25, 0.3) is 0 Å². The molecule has 0 saturated carbocycles. The zero-order valence-electron chi connectivity index (χ0n) is 13.4. The summed E-state index contributed by atoms with van der Waals surface area (Å²) in [7, 11) is -0.256. The van der Waals surface area contributed by atoms with Crippen LogP contribution in [0.3, 0.4) is 0 Å². The second kappa shape index (κ2) is 10.0. The van der Waals surface area contributed by atoms with Crippen molar-refractivity contribution in [3.05, 3.63) is 29.8 Å². The second-order valence-electron chi connectivity index (χ2n) is 4.73. The lowest BCUT2D eigenvalue weighted by Gasteiger charge is -2.16. The maximum Gasteiger partial charge on any atom is 0.240 e. The first-order valence-corrected chi connectivity index (χ1v) is 8.41. The first-order chi connectivity index (χ1) is 9.92. The SMILES string of the molecule is CCC(C)NC(=NC)NCc1ccc(S(=O)(=O)NC)cc1.I. The number of sulfonamides is 1. The van der Waals surface area contributed by atoms with E-state index in [0.29, 0.717) is 12.6 Å². The highest BCUT2D eigenvalue weighted by molar-refractivity contribution is 14.0. The van der Waals surface area contributed by atoms with Crippen molar-refractivity contribution in [2.24, 2.45) is 4.99 Å². The Labute approximate surface area is 150 Å². The standard InChI is InChI=1S/C14H24N4O2S.HI/c1-5-11(2)18-14(15-3)17-10-12-6-8-13(9-7-12)21(19,20)16-4;/h6-9,11,16H,5,10H2,1-4H3,(H2,15,17,18);1H. The van der Waals surface area contributed by atoms with Crippen LogP contribution in [0.5, 0.6) is 0 Å². The molecule has 0 radical (unpaired) electrons. The minimum absolute atomic E-state index is 0. The van der Waals surface area contributed by atoms with Crippen LogP contribution in [0.15, 0.2) is 34.2 Å². The van der Waals surface area contributed by atoms with Gasteiger partial charge in [-0.1, -0.05) is 19.1 Å². The predicted octanol–water partition coefficient (Wildman–Crippen LogP) is 1.68.